The van der Waals surface area contributed by atoms with Gasteiger partial charge in [-0.3, -0.25) is 10.1 Å². The van der Waals surface area contributed by atoms with Gasteiger partial charge in [0.05, 0.1) is 16.8 Å². The molecule has 1 saturated heterocycles. The largest absolute Gasteiger partial charge is 0.490 e. The second-order valence-electron chi connectivity index (χ2n) is 7.37. The van der Waals surface area contributed by atoms with E-state index in [0.29, 0.717) is 5.75 Å². The standard InChI is InChI=1S/C19H22N4O6S/c24-16-11-23(19(25)20-16)12-18-22-21-17(29-18)8-9-30(26,27)15-7-3-6-14(10-15)28-13-4-1-2-5-13/h3,6-7,10,13H,1-2,4-5,8-9,11-12H2,(H,20,24,25). The van der Waals surface area contributed by atoms with Crippen LogP contribution in [0.4, 0.5) is 4.79 Å². The minimum Gasteiger partial charge on any atom is -0.490 e. The predicted molar refractivity (Wildman–Crippen MR) is 103 cm³/mol. The van der Waals surface area contributed by atoms with Crippen LogP contribution >= 0.6 is 0 Å². The van der Waals surface area contributed by atoms with Crippen molar-refractivity contribution in [2.45, 2.75) is 49.6 Å². The Labute approximate surface area is 173 Å². The predicted octanol–water partition coefficient (Wildman–Crippen LogP) is 1.46. The third kappa shape index (κ3) is 4.78. The van der Waals surface area contributed by atoms with E-state index in [0.717, 1.165) is 25.7 Å². The topological polar surface area (TPSA) is 132 Å². The van der Waals surface area contributed by atoms with Gasteiger partial charge in [-0.2, -0.15) is 0 Å². The molecule has 10 nitrogen and oxygen atoms in total. The lowest BCUT2D eigenvalue weighted by atomic mass is 10.3. The normalized spacial score (nSPS) is 17.5. The molecule has 2 aliphatic rings. The number of urea groups is 1. The molecule has 1 aromatic carbocycles. The number of aromatic nitrogens is 2. The highest BCUT2D eigenvalue weighted by Crippen LogP contribution is 2.26. The SMILES string of the molecule is O=C1CN(Cc2nnc(CCS(=O)(=O)c3cccc(OC4CCCC4)c3)o2)C(=O)N1. The van der Waals surface area contributed by atoms with Crippen molar-refractivity contribution in [2.24, 2.45) is 0 Å². The summed E-state index contributed by atoms with van der Waals surface area (Å²) < 4.78 is 36.7. The molecule has 2 heterocycles. The second kappa shape index (κ2) is 8.42. The first-order valence-corrected chi connectivity index (χ1v) is 11.4. The summed E-state index contributed by atoms with van der Waals surface area (Å²) in [5, 5.41) is 9.81. The summed E-state index contributed by atoms with van der Waals surface area (Å²) in [4.78, 5) is 24.2. The van der Waals surface area contributed by atoms with Crippen molar-refractivity contribution in [1.82, 2.24) is 20.4 Å². The number of nitrogens with one attached hydrogen (secondary N) is 1. The second-order valence-corrected chi connectivity index (χ2v) is 9.48. The van der Waals surface area contributed by atoms with Crippen molar-refractivity contribution < 1.29 is 27.2 Å². The number of benzene rings is 1. The van der Waals surface area contributed by atoms with Gasteiger partial charge in [-0.05, 0) is 43.9 Å². The molecule has 0 spiro atoms. The van der Waals surface area contributed by atoms with Crippen LogP contribution < -0.4 is 10.1 Å². The number of nitrogens with zero attached hydrogens (tertiary/aromatic N) is 3. The van der Waals surface area contributed by atoms with Gasteiger partial charge in [0, 0.05) is 6.42 Å². The highest BCUT2D eigenvalue weighted by Gasteiger charge is 2.28. The molecule has 1 saturated carbocycles. The maximum absolute atomic E-state index is 12.7. The number of amides is 3. The Hall–Kier alpha value is -2.95. The maximum atomic E-state index is 12.7. The molecule has 4 rings (SSSR count). The fraction of sp³-hybridized carbons (Fsp3) is 0.474. The van der Waals surface area contributed by atoms with Gasteiger partial charge in [0.15, 0.2) is 9.84 Å². The van der Waals surface area contributed by atoms with E-state index in [1.165, 1.54) is 4.90 Å². The van der Waals surface area contributed by atoms with Crippen LogP contribution in [0.3, 0.4) is 0 Å². The van der Waals surface area contributed by atoms with E-state index in [4.69, 9.17) is 9.15 Å². The molecule has 2 fully saturated rings. The van der Waals surface area contributed by atoms with E-state index in [1.807, 2.05) is 0 Å². The Morgan fingerprint density at radius 2 is 1.93 bits per heavy atom. The minimum atomic E-state index is -3.57. The number of carbonyl (C=O) groups excluding carboxylic acids is 2. The molecule has 2 aromatic rings. The minimum absolute atomic E-state index is 0.0160. The van der Waals surface area contributed by atoms with Crippen molar-refractivity contribution in [1.29, 1.82) is 0 Å². The Balaban J connectivity index is 1.35. The number of carbonyl (C=O) groups is 2. The molecule has 1 aliphatic carbocycles. The molecule has 1 N–H and O–H groups in total. The van der Waals surface area contributed by atoms with Crippen molar-refractivity contribution >= 4 is 21.8 Å². The van der Waals surface area contributed by atoms with Crippen LogP contribution in [0, 0.1) is 0 Å². The Kier molecular flexibility index (Phi) is 5.71. The maximum Gasteiger partial charge on any atom is 0.325 e. The summed E-state index contributed by atoms with van der Waals surface area (Å²) in [7, 11) is -3.57. The van der Waals surface area contributed by atoms with Crippen LogP contribution in [-0.2, 0) is 27.6 Å². The van der Waals surface area contributed by atoms with Crippen LogP contribution in [0.15, 0.2) is 33.6 Å². The highest BCUT2D eigenvalue weighted by molar-refractivity contribution is 7.91. The lowest BCUT2D eigenvalue weighted by molar-refractivity contribution is -0.118. The number of imide groups is 1. The zero-order chi connectivity index (χ0) is 21.1. The lowest BCUT2D eigenvalue weighted by Crippen LogP contribution is -2.27. The number of rotatable bonds is 8. The van der Waals surface area contributed by atoms with Crippen molar-refractivity contribution in [2.75, 3.05) is 12.3 Å². The molecule has 0 bridgehead atoms. The molecule has 0 unspecified atom stereocenters. The van der Waals surface area contributed by atoms with Gasteiger partial charge < -0.3 is 14.1 Å². The molecule has 1 aliphatic heterocycles. The van der Waals surface area contributed by atoms with Gasteiger partial charge in [-0.15, -0.1) is 10.2 Å². The first kappa shape index (κ1) is 20.3. The number of hydrogen-bond donors (Lipinski definition) is 1. The fourth-order valence-corrected chi connectivity index (χ4v) is 4.77. The van der Waals surface area contributed by atoms with E-state index in [9.17, 15) is 18.0 Å². The van der Waals surface area contributed by atoms with E-state index in [2.05, 4.69) is 15.5 Å². The Morgan fingerprint density at radius 3 is 2.67 bits per heavy atom. The monoisotopic (exact) mass is 434 g/mol. The fourth-order valence-electron chi connectivity index (χ4n) is 3.51. The van der Waals surface area contributed by atoms with Crippen LogP contribution in [0.1, 0.15) is 37.5 Å². The summed E-state index contributed by atoms with van der Waals surface area (Å²) >= 11 is 0. The molecule has 0 atom stereocenters. The van der Waals surface area contributed by atoms with Gasteiger partial charge in [-0.25, -0.2) is 13.2 Å². The van der Waals surface area contributed by atoms with E-state index < -0.39 is 21.8 Å². The van der Waals surface area contributed by atoms with Gasteiger partial charge in [0.25, 0.3) is 0 Å². The van der Waals surface area contributed by atoms with Crippen molar-refractivity contribution in [3.05, 3.63) is 36.0 Å². The van der Waals surface area contributed by atoms with Crippen LogP contribution in [0.2, 0.25) is 0 Å². The summed E-state index contributed by atoms with van der Waals surface area (Å²) in [6, 6.07) is 6.00. The zero-order valence-corrected chi connectivity index (χ0v) is 17.1. The third-order valence-corrected chi connectivity index (χ3v) is 6.77. The molecule has 1 aromatic heterocycles. The molecular formula is C19H22N4O6S. The summed E-state index contributed by atoms with van der Waals surface area (Å²) in [6.45, 7) is -0.0952. The van der Waals surface area contributed by atoms with E-state index in [1.54, 1.807) is 24.3 Å². The van der Waals surface area contributed by atoms with Crippen LogP contribution in [0.5, 0.6) is 5.75 Å². The average molecular weight is 434 g/mol. The molecule has 0 radical (unpaired) electrons. The smallest absolute Gasteiger partial charge is 0.325 e. The molecule has 11 heteroatoms. The Bertz CT molecular complexity index is 1040. The first-order chi connectivity index (χ1) is 14.4. The van der Waals surface area contributed by atoms with Crippen LogP contribution in [0.25, 0.3) is 0 Å². The summed E-state index contributed by atoms with van der Waals surface area (Å²) in [5.74, 6) is 0.244. The molecule has 3 amide bonds. The van der Waals surface area contributed by atoms with Crippen molar-refractivity contribution in [3.8, 4) is 5.75 Å². The molecule has 30 heavy (non-hydrogen) atoms. The van der Waals surface area contributed by atoms with Gasteiger partial charge in [0.2, 0.25) is 17.7 Å². The Morgan fingerprint density at radius 1 is 1.17 bits per heavy atom. The lowest BCUT2D eigenvalue weighted by Gasteiger charge is -2.13. The van der Waals surface area contributed by atoms with E-state index >= 15 is 0 Å². The molecule has 160 valence electrons. The summed E-state index contributed by atoms with van der Waals surface area (Å²) in [5.41, 5.74) is 0. The highest BCUT2D eigenvalue weighted by atomic mass is 32.2. The first-order valence-electron chi connectivity index (χ1n) is 9.78. The average Bonchev–Trinajstić information content (AvgIpc) is 3.44. The summed E-state index contributed by atoms with van der Waals surface area (Å²) in [6.07, 6.45) is 4.43. The van der Waals surface area contributed by atoms with Crippen molar-refractivity contribution in [3.63, 3.8) is 0 Å². The van der Waals surface area contributed by atoms with Gasteiger partial charge in [0.1, 0.15) is 18.8 Å². The van der Waals surface area contributed by atoms with Crippen LogP contribution in [-0.4, -0.2) is 53.9 Å². The third-order valence-electron chi connectivity index (χ3n) is 5.06. The number of hydrogen-bond acceptors (Lipinski definition) is 8. The molecular weight excluding hydrogens is 412 g/mol. The zero-order valence-electron chi connectivity index (χ0n) is 16.2. The number of aryl methyl sites for hydroxylation is 1. The number of ether oxygens (including phenoxy) is 1. The van der Waals surface area contributed by atoms with Gasteiger partial charge >= 0.3 is 6.03 Å². The quantitative estimate of drug-likeness (QED) is 0.618. The number of sulfone groups is 1. The van der Waals surface area contributed by atoms with Gasteiger partial charge in [-0.1, -0.05) is 6.07 Å². The van der Waals surface area contributed by atoms with E-state index in [-0.39, 0.29) is 48.0 Å².